The van der Waals surface area contributed by atoms with Gasteiger partial charge in [0.1, 0.15) is 18.4 Å². The number of aliphatic hydroxyl groups is 1. The number of nitriles is 1. The first-order chi connectivity index (χ1) is 19.4. The molecule has 0 unspecified atom stereocenters. The molecule has 0 aliphatic heterocycles. The molecule has 0 radical (unpaired) electrons. The Morgan fingerprint density at radius 2 is 2.00 bits per heavy atom. The van der Waals surface area contributed by atoms with Crippen molar-refractivity contribution in [3.05, 3.63) is 47.8 Å². The number of anilines is 1. The molecule has 11 nitrogen and oxygen atoms in total. The molecule has 216 valence electrons. The van der Waals surface area contributed by atoms with Crippen molar-refractivity contribution < 1.29 is 28.6 Å². The fourth-order valence-corrected chi connectivity index (χ4v) is 5.01. The van der Waals surface area contributed by atoms with Crippen LogP contribution in [0.1, 0.15) is 49.0 Å². The van der Waals surface area contributed by atoms with Gasteiger partial charge >= 0.3 is 6.09 Å². The maximum atomic E-state index is 14.3. The molecule has 4 N–H and O–H groups in total. The van der Waals surface area contributed by atoms with Crippen molar-refractivity contribution in [3.8, 4) is 17.5 Å². The Balaban J connectivity index is 1.35. The molecule has 2 fully saturated rings. The van der Waals surface area contributed by atoms with E-state index in [0.717, 1.165) is 0 Å². The average Bonchev–Trinajstić information content (AvgIpc) is 3.47. The van der Waals surface area contributed by atoms with Crippen molar-refractivity contribution in [2.75, 3.05) is 18.4 Å². The Bertz CT molecular complexity index is 1510. The van der Waals surface area contributed by atoms with Gasteiger partial charge in [-0.25, -0.2) is 18.1 Å². The van der Waals surface area contributed by atoms with Gasteiger partial charge in [-0.15, -0.1) is 0 Å². The predicted molar refractivity (Wildman–Crippen MR) is 145 cm³/mol. The van der Waals surface area contributed by atoms with Crippen LogP contribution in [0.4, 0.5) is 19.3 Å². The highest BCUT2D eigenvalue weighted by Crippen LogP contribution is 2.37. The summed E-state index contributed by atoms with van der Waals surface area (Å²) in [5.41, 5.74) is 1.21. The summed E-state index contributed by atoms with van der Waals surface area (Å²) in [5, 5.41) is 38.7. The van der Waals surface area contributed by atoms with E-state index >= 15 is 0 Å². The molecule has 3 aromatic heterocycles. The van der Waals surface area contributed by atoms with Gasteiger partial charge in [0.25, 0.3) is 5.91 Å². The van der Waals surface area contributed by atoms with Gasteiger partial charge in [-0.2, -0.15) is 10.4 Å². The van der Waals surface area contributed by atoms with Crippen LogP contribution in [0.5, 0.6) is 0 Å². The molecular formula is C28H31F2N7O4. The molecule has 3 atom stereocenters. The summed E-state index contributed by atoms with van der Waals surface area (Å²) in [4.78, 5) is 30.3. The molecule has 2 aliphatic rings. The molecule has 3 heterocycles. The summed E-state index contributed by atoms with van der Waals surface area (Å²) < 4.78 is 29.4. The predicted octanol–water partition coefficient (Wildman–Crippen LogP) is 3.39. The number of carbonyl (C=O) groups excluding carboxylic acids is 1. The van der Waals surface area contributed by atoms with Crippen LogP contribution in [0, 0.1) is 17.2 Å². The molecule has 41 heavy (non-hydrogen) atoms. The molecule has 5 rings (SSSR count). The largest absolute Gasteiger partial charge is 0.465 e. The Hall–Kier alpha value is -4.31. The van der Waals surface area contributed by atoms with E-state index < -0.39 is 42.5 Å². The number of pyridine rings is 1. The second-order valence-corrected chi connectivity index (χ2v) is 11.3. The Morgan fingerprint density at radius 3 is 2.63 bits per heavy atom. The molecule has 0 spiro atoms. The molecule has 0 aromatic carbocycles. The van der Waals surface area contributed by atoms with E-state index in [-0.39, 0.29) is 30.5 Å². The molecule has 0 bridgehead atoms. The van der Waals surface area contributed by atoms with Crippen LogP contribution < -0.4 is 10.6 Å². The van der Waals surface area contributed by atoms with Gasteiger partial charge in [-0.1, -0.05) is 0 Å². The standard InChI is InChI=1S/C28H31F2N7O4/c1-28(2,41)25(30)13-33-26(38)19-12-32-22(23-4-3-18-7-16(10-31)11-34-37(18)23)9-21(19)35-17-5-15(6-17)14-36(27(39)40)24-8-20(24)29/h3-4,7,9,11-12,15,17,20,24-25,41H,5-6,8,13-14H2,1-2H3,(H,32,35)(H,33,38)(H,39,40)/t15?,17?,20-,24+,25-/m1/s1. The zero-order valence-electron chi connectivity index (χ0n) is 22.6. The van der Waals surface area contributed by atoms with Crippen LogP contribution in [-0.2, 0) is 0 Å². The van der Waals surface area contributed by atoms with E-state index in [2.05, 4.69) is 26.8 Å². The molecular weight excluding hydrogens is 536 g/mol. The first-order valence-corrected chi connectivity index (χ1v) is 13.4. The molecule has 2 saturated carbocycles. The smallest absolute Gasteiger partial charge is 0.407 e. The van der Waals surface area contributed by atoms with E-state index in [1.165, 1.54) is 31.1 Å². The van der Waals surface area contributed by atoms with E-state index in [1.54, 1.807) is 28.8 Å². The number of nitrogens with zero attached hydrogens (tertiary/aromatic N) is 5. The summed E-state index contributed by atoms with van der Waals surface area (Å²) in [6.07, 6.45) is 0.353. The van der Waals surface area contributed by atoms with Gasteiger partial charge in [0.05, 0.1) is 58.1 Å². The van der Waals surface area contributed by atoms with Crippen LogP contribution in [0.3, 0.4) is 0 Å². The minimum Gasteiger partial charge on any atom is -0.465 e. The highest BCUT2D eigenvalue weighted by Gasteiger charge is 2.46. The Labute approximate surface area is 234 Å². The summed E-state index contributed by atoms with van der Waals surface area (Å²) in [7, 11) is 0. The lowest BCUT2D eigenvalue weighted by atomic mass is 9.79. The number of nitrogens with one attached hydrogen (secondary N) is 2. The highest BCUT2D eigenvalue weighted by molar-refractivity contribution is 6.00. The second-order valence-electron chi connectivity index (χ2n) is 11.3. The van der Waals surface area contributed by atoms with Crippen molar-refractivity contribution in [1.29, 1.82) is 5.26 Å². The number of halogens is 2. The number of carbonyl (C=O) groups is 2. The first kappa shape index (κ1) is 28.2. The molecule has 3 aromatic rings. The summed E-state index contributed by atoms with van der Waals surface area (Å²) >= 11 is 0. The van der Waals surface area contributed by atoms with Crippen molar-refractivity contribution in [2.45, 2.75) is 63.1 Å². The van der Waals surface area contributed by atoms with E-state index in [9.17, 15) is 28.6 Å². The third kappa shape index (κ3) is 6.07. The number of hydrogen-bond donors (Lipinski definition) is 4. The monoisotopic (exact) mass is 567 g/mol. The number of amides is 2. The van der Waals surface area contributed by atoms with Crippen molar-refractivity contribution in [2.24, 2.45) is 5.92 Å². The minimum absolute atomic E-state index is 0.0437. The lowest BCUT2D eigenvalue weighted by Gasteiger charge is -2.39. The maximum absolute atomic E-state index is 14.3. The highest BCUT2D eigenvalue weighted by atomic mass is 19.1. The van der Waals surface area contributed by atoms with E-state index in [1.807, 2.05) is 0 Å². The van der Waals surface area contributed by atoms with Crippen LogP contribution in [0.15, 0.2) is 36.7 Å². The maximum Gasteiger partial charge on any atom is 0.407 e. The number of aromatic nitrogens is 3. The van der Waals surface area contributed by atoms with Gasteiger partial charge in [0.15, 0.2) is 0 Å². The summed E-state index contributed by atoms with van der Waals surface area (Å²) in [6, 6.07) is 8.36. The lowest BCUT2D eigenvalue weighted by molar-refractivity contribution is -0.00178. The molecule has 0 saturated heterocycles. The summed E-state index contributed by atoms with van der Waals surface area (Å²) in [5.74, 6) is -0.534. The number of fused-ring (bicyclic) bond motifs is 1. The zero-order valence-corrected chi connectivity index (χ0v) is 22.6. The normalized spacial score (nSPS) is 22.3. The molecule has 13 heteroatoms. The molecule has 2 aliphatic carbocycles. The van der Waals surface area contributed by atoms with E-state index in [4.69, 9.17) is 5.26 Å². The quantitative estimate of drug-likeness (QED) is 0.291. The van der Waals surface area contributed by atoms with Crippen LogP contribution in [0.2, 0.25) is 0 Å². The topological polar surface area (TPSA) is 156 Å². The number of carboxylic acid groups (broad SMARTS) is 1. The van der Waals surface area contributed by atoms with Gasteiger partial charge < -0.3 is 25.7 Å². The first-order valence-electron chi connectivity index (χ1n) is 13.4. The van der Waals surface area contributed by atoms with Gasteiger partial charge in [0.2, 0.25) is 0 Å². The van der Waals surface area contributed by atoms with Gasteiger partial charge in [0, 0.05) is 25.2 Å². The van der Waals surface area contributed by atoms with Crippen molar-refractivity contribution in [3.63, 3.8) is 0 Å². The summed E-state index contributed by atoms with van der Waals surface area (Å²) in [6.45, 7) is 2.48. The third-order valence-electron chi connectivity index (χ3n) is 7.63. The van der Waals surface area contributed by atoms with Crippen LogP contribution >= 0.6 is 0 Å². The SMILES string of the molecule is CC(C)(O)[C@H](F)CNC(=O)c1cnc(-c2ccc3cc(C#N)cnn23)cc1NC1CC(CN(C(=O)O)[C@H]2C[C@H]2F)C1. The zero-order chi connectivity index (χ0) is 29.5. The Morgan fingerprint density at radius 1 is 1.27 bits per heavy atom. The van der Waals surface area contributed by atoms with E-state index in [0.29, 0.717) is 41.0 Å². The number of alkyl halides is 2. The number of rotatable bonds is 10. The van der Waals surface area contributed by atoms with Gasteiger partial charge in [-0.05, 0) is 56.9 Å². The average molecular weight is 568 g/mol. The fraction of sp³-hybridized carbons (Fsp3) is 0.464. The minimum atomic E-state index is -1.69. The second kappa shape index (κ2) is 10.9. The van der Waals surface area contributed by atoms with Crippen LogP contribution in [-0.4, -0.2) is 84.8 Å². The molecule has 2 amide bonds. The third-order valence-corrected chi connectivity index (χ3v) is 7.63. The Kier molecular flexibility index (Phi) is 7.52. The number of hydrogen-bond acceptors (Lipinski definition) is 7. The lowest BCUT2D eigenvalue weighted by Crippen LogP contribution is -2.45. The fourth-order valence-electron chi connectivity index (χ4n) is 5.01. The van der Waals surface area contributed by atoms with Crippen LogP contribution in [0.25, 0.3) is 16.9 Å². The van der Waals surface area contributed by atoms with Crippen molar-refractivity contribution >= 4 is 23.2 Å². The van der Waals surface area contributed by atoms with Crippen molar-refractivity contribution in [1.82, 2.24) is 24.8 Å². The van der Waals surface area contributed by atoms with Gasteiger partial charge in [-0.3, -0.25) is 9.78 Å².